The smallest absolute Gasteiger partial charge is 0.211 e. The maximum absolute atomic E-state index is 10.3. The lowest BCUT2D eigenvalue weighted by Crippen LogP contribution is -2.32. The molecule has 80 valence electrons. The van der Waals surface area contributed by atoms with E-state index in [1.54, 1.807) is 6.08 Å². The molecule has 1 rings (SSSR count). The fourth-order valence-electron chi connectivity index (χ4n) is 2.49. The summed E-state index contributed by atoms with van der Waals surface area (Å²) < 4.78 is 0. The maximum atomic E-state index is 10.3. The van der Waals surface area contributed by atoms with Crippen molar-refractivity contribution in [1.29, 1.82) is 0 Å². The third kappa shape index (κ3) is 2.68. The van der Waals surface area contributed by atoms with Gasteiger partial charge in [-0.3, -0.25) is 0 Å². The van der Waals surface area contributed by atoms with Crippen LogP contribution in [0.2, 0.25) is 0 Å². The Kier molecular flexibility index (Phi) is 3.88. The minimum Gasteiger partial charge on any atom is -0.211 e. The van der Waals surface area contributed by atoms with E-state index < -0.39 is 0 Å². The molecule has 0 unspecified atom stereocenters. The zero-order valence-corrected chi connectivity index (χ0v) is 9.55. The molecule has 0 N–H and O–H groups in total. The van der Waals surface area contributed by atoms with Crippen LogP contribution in [0.1, 0.15) is 52.9 Å². The molecule has 1 aliphatic carbocycles. The highest BCUT2D eigenvalue weighted by atomic mass is 16.1. The summed E-state index contributed by atoms with van der Waals surface area (Å²) in [5, 5.41) is 0. The summed E-state index contributed by atoms with van der Waals surface area (Å²) in [6.07, 6.45) is 8.05. The van der Waals surface area contributed by atoms with Gasteiger partial charge in [-0.25, -0.2) is 4.79 Å². The quantitative estimate of drug-likeness (QED) is 0.502. The Morgan fingerprint density at radius 2 is 1.86 bits per heavy atom. The number of isocyanates is 1. The van der Waals surface area contributed by atoms with E-state index in [1.807, 2.05) is 0 Å². The lowest BCUT2D eigenvalue weighted by atomic mass is 9.73. The van der Waals surface area contributed by atoms with Crippen molar-refractivity contribution in [3.05, 3.63) is 0 Å². The first-order chi connectivity index (χ1) is 6.60. The number of nitrogens with zero attached hydrogens (tertiary/aromatic N) is 1. The Bertz CT molecular complexity index is 220. The fraction of sp³-hybridized carbons (Fsp3) is 0.917. The summed E-state index contributed by atoms with van der Waals surface area (Å²) in [6, 6.07) is 0. The summed E-state index contributed by atoms with van der Waals surface area (Å²) in [5.74, 6) is 1.48. The second-order valence-corrected chi connectivity index (χ2v) is 4.98. The van der Waals surface area contributed by atoms with E-state index in [9.17, 15) is 4.79 Å². The van der Waals surface area contributed by atoms with Crippen LogP contribution in [0.25, 0.3) is 0 Å². The normalized spacial score (nSPS) is 28.2. The standard InChI is InChI=1S/C12H21NO/c1-4-10-5-7-11(8-6-10)12(2,3)13-9-14/h10-11H,4-8H2,1-3H3. The second-order valence-electron chi connectivity index (χ2n) is 4.98. The van der Waals surface area contributed by atoms with Crippen molar-refractivity contribution in [3.63, 3.8) is 0 Å². The first kappa shape index (κ1) is 11.5. The molecule has 1 saturated carbocycles. The molecular formula is C12H21NO. The summed E-state index contributed by atoms with van der Waals surface area (Å²) in [5.41, 5.74) is -0.194. The van der Waals surface area contributed by atoms with Gasteiger partial charge in [-0.1, -0.05) is 26.2 Å². The van der Waals surface area contributed by atoms with Gasteiger partial charge >= 0.3 is 0 Å². The molecule has 2 nitrogen and oxygen atoms in total. The molecule has 2 heteroatoms. The van der Waals surface area contributed by atoms with Crippen molar-refractivity contribution in [1.82, 2.24) is 0 Å². The van der Waals surface area contributed by atoms with Gasteiger partial charge in [0, 0.05) is 0 Å². The van der Waals surface area contributed by atoms with Crippen LogP contribution in [0.4, 0.5) is 0 Å². The lowest BCUT2D eigenvalue weighted by Gasteiger charge is -2.35. The van der Waals surface area contributed by atoms with Crippen LogP contribution in [-0.4, -0.2) is 11.6 Å². The largest absolute Gasteiger partial charge is 0.235 e. The van der Waals surface area contributed by atoms with Gasteiger partial charge < -0.3 is 0 Å². The van der Waals surface area contributed by atoms with Gasteiger partial charge in [0.05, 0.1) is 5.54 Å². The van der Waals surface area contributed by atoms with Crippen LogP contribution in [0.15, 0.2) is 4.99 Å². The molecule has 0 aromatic rings. The highest BCUT2D eigenvalue weighted by Gasteiger charge is 2.32. The molecule has 1 aliphatic rings. The highest BCUT2D eigenvalue weighted by molar-refractivity contribution is 5.34. The zero-order valence-electron chi connectivity index (χ0n) is 9.55. The lowest BCUT2D eigenvalue weighted by molar-refractivity contribution is 0.196. The summed E-state index contributed by atoms with van der Waals surface area (Å²) in [4.78, 5) is 14.2. The summed E-state index contributed by atoms with van der Waals surface area (Å²) in [6.45, 7) is 6.36. The van der Waals surface area contributed by atoms with Crippen molar-refractivity contribution >= 4 is 6.08 Å². The number of hydrogen-bond donors (Lipinski definition) is 0. The van der Waals surface area contributed by atoms with Gasteiger partial charge in [0.1, 0.15) is 0 Å². The zero-order chi connectivity index (χ0) is 10.6. The number of aliphatic imine (C=N–C) groups is 1. The third-order valence-corrected chi connectivity index (χ3v) is 3.76. The molecule has 0 aromatic carbocycles. The van der Waals surface area contributed by atoms with E-state index in [1.165, 1.54) is 32.1 Å². The van der Waals surface area contributed by atoms with Crippen LogP contribution in [0.5, 0.6) is 0 Å². The Morgan fingerprint density at radius 3 is 2.29 bits per heavy atom. The average Bonchev–Trinajstić information content (AvgIpc) is 2.18. The SMILES string of the molecule is CCC1CCC(C(C)(C)N=C=O)CC1. The van der Waals surface area contributed by atoms with Crippen LogP contribution >= 0.6 is 0 Å². The van der Waals surface area contributed by atoms with Crippen LogP contribution in [0, 0.1) is 11.8 Å². The summed E-state index contributed by atoms with van der Waals surface area (Å²) >= 11 is 0. The fourth-order valence-corrected chi connectivity index (χ4v) is 2.49. The molecule has 0 spiro atoms. The Balaban J connectivity index is 2.52. The molecule has 0 aliphatic heterocycles. The van der Waals surface area contributed by atoms with Crippen LogP contribution in [0.3, 0.4) is 0 Å². The van der Waals surface area contributed by atoms with Crippen LogP contribution < -0.4 is 0 Å². The van der Waals surface area contributed by atoms with Crippen molar-refractivity contribution in [2.75, 3.05) is 0 Å². The van der Waals surface area contributed by atoms with E-state index in [4.69, 9.17) is 0 Å². The molecule has 14 heavy (non-hydrogen) atoms. The predicted octanol–water partition coefficient (Wildman–Crippen LogP) is 3.32. The minimum atomic E-state index is -0.194. The Morgan fingerprint density at radius 1 is 1.29 bits per heavy atom. The van der Waals surface area contributed by atoms with Gasteiger partial charge in [0.25, 0.3) is 0 Å². The molecule has 0 radical (unpaired) electrons. The Hall–Kier alpha value is -0.620. The topological polar surface area (TPSA) is 29.4 Å². The van der Waals surface area contributed by atoms with Gasteiger partial charge in [0.15, 0.2) is 0 Å². The van der Waals surface area contributed by atoms with Gasteiger partial charge in [-0.2, -0.15) is 4.99 Å². The third-order valence-electron chi connectivity index (χ3n) is 3.76. The van der Waals surface area contributed by atoms with Gasteiger partial charge in [-0.15, -0.1) is 0 Å². The second kappa shape index (κ2) is 4.75. The maximum Gasteiger partial charge on any atom is 0.235 e. The van der Waals surface area contributed by atoms with Crippen molar-refractivity contribution in [3.8, 4) is 0 Å². The Labute approximate surface area is 86.8 Å². The van der Waals surface area contributed by atoms with E-state index in [2.05, 4.69) is 25.8 Å². The minimum absolute atomic E-state index is 0.194. The summed E-state index contributed by atoms with van der Waals surface area (Å²) in [7, 11) is 0. The highest BCUT2D eigenvalue weighted by Crippen LogP contribution is 2.37. The molecule has 0 atom stereocenters. The number of rotatable bonds is 3. The molecule has 0 heterocycles. The van der Waals surface area contributed by atoms with Crippen molar-refractivity contribution in [2.24, 2.45) is 16.8 Å². The average molecular weight is 195 g/mol. The van der Waals surface area contributed by atoms with E-state index >= 15 is 0 Å². The van der Waals surface area contributed by atoms with Crippen molar-refractivity contribution in [2.45, 2.75) is 58.4 Å². The van der Waals surface area contributed by atoms with E-state index in [-0.39, 0.29) is 5.54 Å². The van der Waals surface area contributed by atoms with Crippen LogP contribution in [-0.2, 0) is 4.79 Å². The molecule has 0 amide bonds. The van der Waals surface area contributed by atoms with Gasteiger partial charge in [0.2, 0.25) is 6.08 Å². The molecule has 0 saturated heterocycles. The number of carbonyl (C=O) groups excluding carboxylic acids is 1. The molecular weight excluding hydrogens is 174 g/mol. The van der Waals surface area contributed by atoms with Crippen molar-refractivity contribution < 1.29 is 4.79 Å². The molecule has 0 bridgehead atoms. The van der Waals surface area contributed by atoms with E-state index in [0.717, 1.165) is 5.92 Å². The first-order valence-electron chi connectivity index (χ1n) is 5.69. The van der Waals surface area contributed by atoms with Gasteiger partial charge in [-0.05, 0) is 38.5 Å². The number of hydrogen-bond acceptors (Lipinski definition) is 2. The van der Waals surface area contributed by atoms with E-state index in [0.29, 0.717) is 5.92 Å². The molecule has 1 fully saturated rings. The first-order valence-corrected chi connectivity index (χ1v) is 5.69. The monoisotopic (exact) mass is 195 g/mol. The molecule has 0 aromatic heterocycles. The predicted molar refractivity (Wildman–Crippen MR) is 57.9 cm³/mol.